The molecule has 3 aliphatic rings. The Morgan fingerprint density at radius 3 is 1.58 bits per heavy atom. The number of fused-ring (bicyclic) bond motifs is 18. The fraction of sp³-hybridized carbons (Fsp3) is 0.0154. The van der Waals surface area contributed by atoms with Gasteiger partial charge < -0.3 is 9.64 Å². The van der Waals surface area contributed by atoms with E-state index in [9.17, 15) is 0 Å². The van der Waals surface area contributed by atoms with Crippen LogP contribution in [0.5, 0.6) is 11.5 Å². The van der Waals surface area contributed by atoms with Crippen molar-refractivity contribution < 1.29 is 4.74 Å². The van der Waals surface area contributed by atoms with Crippen LogP contribution in [0.25, 0.3) is 88.0 Å². The van der Waals surface area contributed by atoms with Crippen molar-refractivity contribution in [1.29, 1.82) is 0 Å². The van der Waals surface area contributed by atoms with Gasteiger partial charge in [0, 0.05) is 28.2 Å². The summed E-state index contributed by atoms with van der Waals surface area (Å²) >= 11 is 0. The maximum Gasteiger partial charge on any atom is 0.135 e. The van der Waals surface area contributed by atoms with Crippen molar-refractivity contribution in [3.05, 3.63) is 259 Å². The average Bonchev–Trinajstić information content (AvgIpc) is 3.53. The number of nitrogens with zero attached hydrogens (tertiary/aromatic N) is 1. The average molecular weight is 850 g/mol. The first-order valence-electron chi connectivity index (χ1n) is 23.2. The monoisotopic (exact) mass is 849 g/mol. The molecule has 0 aromatic heterocycles. The number of hydrogen-bond acceptors (Lipinski definition) is 2. The number of anilines is 3. The molecule has 0 radical (unpaired) electrons. The van der Waals surface area contributed by atoms with Crippen molar-refractivity contribution in [2.45, 2.75) is 5.41 Å². The molecule has 0 amide bonds. The van der Waals surface area contributed by atoms with Crippen molar-refractivity contribution in [3.8, 4) is 67.1 Å². The van der Waals surface area contributed by atoms with Gasteiger partial charge in [0.15, 0.2) is 0 Å². The Labute approximate surface area is 388 Å². The summed E-state index contributed by atoms with van der Waals surface area (Å²) in [4.78, 5) is 2.43. The van der Waals surface area contributed by atoms with Crippen LogP contribution < -0.4 is 9.64 Å². The molecule has 1 atom stereocenters. The van der Waals surface area contributed by atoms with E-state index in [0.717, 1.165) is 50.8 Å². The van der Waals surface area contributed by atoms with E-state index in [1.807, 2.05) is 6.07 Å². The SMILES string of the molecule is c1ccc(N(c2ccc3c(c2)-c2ccccc2-c2ccccc2O3)c2ccc3c(c2)C2(c4ccccc4-c4ccccc4-3)c3ccccc3-c3c2cc2ccc4cccc5ccc3c2c45)cc1. The molecule has 1 spiro atoms. The predicted molar refractivity (Wildman–Crippen MR) is 278 cm³/mol. The maximum absolute atomic E-state index is 6.77. The molecule has 67 heavy (non-hydrogen) atoms. The van der Waals surface area contributed by atoms with Gasteiger partial charge in [-0.3, -0.25) is 0 Å². The Kier molecular flexibility index (Phi) is 7.46. The van der Waals surface area contributed by atoms with E-state index in [0.29, 0.717) is 0 Å². The number of benzene rings is 12. The third kappa shape index (κ3) is 4.94. The van der Waals surface area contributed by atoms with Gasteiger partial charge in [-0.05, 0) is 154 Å². The third-order valence-electron chi connectivity index (χ3n) is 15.0. The highest BCUT2D eigenvalue weighted by Gasteiger charge is 2.50. The van der Waals surface area contributed by atoms with Gasteiger partial charge >= 0.3 is 0 Å². The summed E-state index contributed by atoms with van der Waals surface area (Å²) in [7, 11) is 0. The van der Waals surface area contributed by atoms with Crippen LogP contribution in [-0.2, 0) is 5.41 Å². The molecule has 12 aromatic rings. The van der Waals surface area contributed by atoms with Crippen LogP contribution in [0.4, 0.5) is 17.1 Å². The van der Waals surface area contributed by atoms with E-state index < -0.39 is 5.41 Å². The fourth-order valence-electron chi connectivity index (χ4n) is 12.3. The second kappa shape index (κ2) is 13.7. The summed E-state index contributed by atoms with van der Waals surface area (Å²) in [5, 5.41) is 7.81. The zero-order chi connectivity index (χ0) is 43.8. The molecule has 1 unspecified atom stereocenters. The van der Waals surface area contributed by atoms with E-state index >= 15 is 0 Å². The number of rotatable bonds is 3. The van der Waals surface area contributed by atoms with Gasteiger partial charge in [0.05, 0.1) is 5.41 Å². The first-order chi connectivity index (χ1) is 33.2. The second-order valence-corrected chi connectivity index (χ2v) is 18.3. The van der Waals surface area contributed by atoms with Crippen LogP contribution in [0.1, 0.15) is 22.3 Å². The lowest BCUT2D eigenvalue weighted by atomic mass is 9.65. The molecule has 15 rings (SSSR count). The van der Waals surface area contributed by atoms with E-state index in [1.165, 1.54) is 88.0 Å². The highest BCUT2D eigenvalue weighted by atomic mass is 16.5. The first kappa shape index (κ1) is 36.6. The summed E-state index contributed by atoms with van der Waals surface area (Å²) in [5.41, 5.74) is 19.8. The van der Waals surface area contributed by atoms with Gasteiger partial charge in [0.2, 0.25) is 0 Å². The quantitative estimate of drug-likeness (QED) is 0.164. The molecule has 0 saturated heterocycles. The first-order valence-corrected chi connectivity index (χ1v) is 23.2. The zero-order valence-corrected chi connectivity index (χ0v) is 36.4. The van der Waals surface area contributed by atoms with Gasteiger partial charge in [0.25, 0.3) is 0 Å². The molecule has 0 bridgehead atoms. The Hall–Kier alpha value is -8.72. The van der Waals surface area contributed by atoms with Gasteiger partial charge in [-0.15, -0.1) is 0 Å². The molecule has 1 heterocycles. The van der Waals surface area contributed by atoms with Crippen molar-refractivity contribution >= 4 is 49.4 Å². The molecule has 0 N–H and O–H groups in total. The maximum atomic E-state index is 6.77. The van der Waals surface area contributed by atoms with Crippen LogP contribution in [0.3, 0.4) is 0 Å². The summed E-state index contributed by atoms with van der Waals surface area (Å²) in [5.74, 6) is 1.70. The van der Waals surface area contributed by atoms with Gasteiger partial charge in [0.1, 0.15) is 11.5 Å². The summed E-state index contributed by atoms with van der Waals surface area (Å²) in [6.45, 7) is 0. The molecule has 2 aliphatic carbocycles. The fourth-order valence-corrected chi connectivity index (χ4v) is 12.3. The van der Waals surface area contributed by atoms with E-state index in [1.54, 1.807) is 0 Å². The Balaban J connectivity index is 1.05. The lowest BCUT2D eigenvalue weighted by Gasteiger charge is -2.37. The number of para-hydroxylation sites is 2. The van der Waals surface area contributed by atoms with E-state index in [4.69, 9.17) is 4.74 Å². The Morgan fingerprint density at radius 1 is 0.284 bits per heavy atom. The van der Waals surface area contributed by atoms with Crippen LogP contribution in [-0.4, -0.2) is 0 Å². The molecule has 1 aliphatic heterocycles. The third-order valence-corrected chi connectivity index (χ3v) is 15.0. The number of hydrogen-bond donors (Lipinski definition) is 0. The van der Waals surface area contributed by atoms with Crippen molar-refractivity contribution in [2.75, 3.05) is 4.90 Å². The van der Waals surface area contributed by atoms with Crippen LogP contribution in [0.2, 0.25) is 0 Å². The lowest BCUT2D eigenvalue weighted by Crippen LogP contribution is -2.29. The molecule has 0 fully saturated rings. The second-order valence-electron chi connectivity index (χ2n) is 18.3. The van der Waals surface area contributed by atoms with Crippen LogP contribution in [0, 0.1) is 0 Å². The smallest absolute Gasteiger partial charge is 0.135 e. The Bertz CT molecular complexity index is 4020. The highest BCUT2D eigenvalue weighted by Crippen LogP contribution is 2.64. The topological polar surface area (TPSA) is 12.5 Å². The Morgan fingerprint density at radius 2 is 0.821 bits per heavy atom. The molecule has 2 heteroatoms. The van der Waals surface area contributed by atoms with E-state index in [-0.39, 0.29) is 0 Å². The largest absolute Gasteiger partial charge is 0.456 e. The van der Waals surface area contributed by atoms with Crippen LogP contribution >= 0.6 is 0 Å². The molecule has 12 aromatic carbocycles. The minimum absolute atomic E-state index is 0.675. The standard InChI is InChI=1S/C65H39NO/c1-2-17-43(18-3-1)66(44-33-36-61-55(38-44)49-22-7-6-21-48(49)52-24-10-13-28-60(52)67-61)45-32-35-51-47-20-5-4-19-46(47)50-23-8-11-26-56(50)65(58(51)39-45)57-27-12-9-25-53(57)64-54-34-31-41-16-14-15-40-29-30-42(37-59(64)65)63(54)62(40)41/h1-39H. The lowest BCUT2D eigenvalue weighted by molar-refractivity contribution is 0.488. The van der Waals surface area contributed by atoms with E-state index in [2.05, 4.69) is 235 Å². The summed E-state index contributed by atoms with van der Waals surface area (Å²) in [6.07, 6.45) is 0. The molecule has 0 saturated carbocycles. The van der Waals surface area contributed by atoms with Crippen molar-refractivity contribution in [1.82, 2.24) is 0 Å². The van der Waals surface area contributed by atoms with Crippen molar-refractivity contribution in [3.63, 3.8) is 0 Å². The zero-order valence-electron chi connectivity index (χ0n) is 36.4. The van der Waals surface area contributed by atoms with Gasteiger partial charge in [-0.2, -0.15) is 0 Å². The minimum Gasteiger partial charge on any atom is -0.456 e. The highest BCUT2D eigenvalue weighted by molar-refractivity contribution is 6.27. The molecule has 310 valence electrons. The molecular weight excluding hydrogens is 811 g/mol. The predicted octanol–water partition coefficient (Wildman–Crippen LogP) is 17.5. The normalized spacial score (nSPS) is 14.7. The minimum atomic E-state index is -0.675. The number of ether oxygens (including phenoxy) is 1. The molecular formula is C65H39NO. The summed E-state index contributed by atoms with van der Waals surface area (Å²) in [6, 6.07) is 87.9. The van der Waals surface area contributed by atoms with Gasteiger partial charge in [-0.25, -0.2) is 0 Å². The molecule has 2 nitrogen and oxygen atoms in total. The van der Waals surface area contributed by atoms with Crippen molar-refractivity contribution in [2.24, 2.45) is 0 Å². The van der Waals surface area contributed by atoms with Crippen LogP contribution in [0.15, 0.2) is 237 Å². The van der Waals surface area contributed by atoms with Gasteiger partial charge in [-0.1, -0.05) is 182 Å². The summed E-state index contributed by atoms with van der Waals surface area (Å²) < 4.78 is 6.77.